The van der Waals surface area contributed by atoms with Gasteiger partial charge in [-0.25, -0.2) is 0 Å². The van der Waals surface area contributed by atoms with Gasteiger partial charge >= 0.3 is 0 Å². The van der Waals surface area contributed by atoms with E-state index in [1.54, 1.807) is 6.92 Å². The number of rotatable bonds is 5. The van der Waals surface area contributed by atoms with Gasteiger partial charge in [0.1, 0.15) is 0 Å². The second-order valence-electron chi connectivity index (χ2n) is 7.46. The molecule has 134 valence electrons. The number of Topliss-reactive ketones (excluding diaryl/α,β-unsaturated/α-hetero) is 2. The summed E-state index contributed by atoms with van der Waals surface area (Å²) in [7, 11) is 0. The van der Waals surface area contributed by atoms with Crippen molar-refractivity contribution < 1.29 is 9.59 Å². The lowest BCUT2D eigenvalue weighted by Crippen LogP contribution is -2.26. The van der Waals surface area contributed by atoms with E-state index in [1.165, 1.54) is 0 Å². The predicted molar refractivity (Wildman–Crippen MR) is 105 cm³/mol. The minimum atomic E-state index is 0.0675. The normalized spacial score (nSPS) is 13.9. The molecule has 3 aromatic rings. The van der Waals surface area contributed by atoms with Gasteiger partial charge in [0, 0.05) is 58.5 Å². The van der Waals surface area contributed by atoms with Crippen molar-refractivity contribution in [2.75, 3.05) is 6.54 Å². The van der Waals surface area contributed by atoms with Gasteiger partial charge in [0.2, 0.25) is 0 Å². The average molecular weight is 348 g/mol. The zero-order valence-electron chi connectivity index (χ0n) is 15.6. The molecule has 0 amide bonds. The summed E-state index contributed by atoms with van der Waals surface area (Å²) in [5.74, 6) is 0.296. The number of aromatic nitrogens is 1. The molecular weight excluding hydrogens is 324 g/mol. The highest BCUT2D eigenvalue weighted by atomic mass is 16.1. The van der Waals surface area contributed by atoms with Gasteiger partial charge < -0.3 is 9.88 Å². The summed E-state index contributed by atoms with van der Waals surface area (Å²) in [5, 5.41) is 5.71. The highest BCUT2D eigenvalue weighted by molar-refractivity contribution is 6.16. The Morgan fingerprint density at radius 2 is 1.92 bits per heavy atom. The molecule has 4 rings (SSSR count). The van der Waals surface area contributed by atoms with Crippen LogP contribution in [0.25, 0.3) is 21.8 Å². The monoisotopic (exact) mass is 348 g/mol. The van der Waals surface area contributed by atoms with E-state index < -0.39 is 0 Å². The fraction of sp³-hybridized carbons (Fsp3) is 0.364. The van der Waals surface area contributed by atoms with Crippen LogP contribution in [0.2, 0.25) is 0 Å². The number of hydrogen-bond donors (Lipinski definition) is 1. The fourth-order valence-electron chi connectivity index (χ4n) is 4.08. The molecule has 0 fully saturated rings. The molecule has 0 saturated heterocycles. The third kappa shape index (κ3) is 2.65. The topological polar surface area (TPSA) is 51.1 Å². The van der Waals surface area contributed by atoms with Crippen LogP contribution in [-0.4, -0.2) is 28.7 Å². The number of aryl methyl sites for hydroxylation is 1. The van der Waals surface area contributed by atoms with E-state index in [2.05, 4.69) is 29.8 Å². The first-order valence-electron chi connectivity index (χ1n) is 9.32. The first-order chi connectivity index (χ1) is 12.5. The van der Waals surface area contributed by atoms with Gasteiger partial charge in [0.15, 0.2) is 11.6 Å². The standard InChI is InChI=1S/C22H24N2O2/c1-13(2)23-10-11-24-19-7-4-15(14(3)25)12-18(19)22-17-6-9-21(26)16(17)5-8-20(22)24/h4-5,7-8,12-13,23H,6,9-11H2,1-3H3. The first kappa shape index (κ1) is 17.0. The molecule has 0 radical (unpaired) electrons. The molecule has 0 aliphatic heterocycles. The Hall–Kier alpha value is -2.46. The molecule has 0 spiro atoms. The summed E-state index contributed by atoms with van der Waals surface area (Å²) in [6.07, 6.45) is 1.38. The SMILES string of the molecule is CC(=O)c1ccc2c(c1)c1c3c(ccc1n2CCNC(C)C)C(=O)CC3. The Bertz CT molecular complexity index is 1040. The van der Waals surface area contributed by atoms with Gasteiger partial charge in [0.25, 0.3) is 0 Å². The molecule has 0 atom stereocenters. The Kier molecular flexibility index (Phi) is 4.16. The maximum atomic E-state index is 12.2. The molecule has 1 aliphatic carbocycles. The first-order valence-corrected chi connectivity index (χ1v) is 9.32. The number of carbonyl (C=O) groups is 2. The Balaban J connectivity index is 1.97. The maximum absolute atomic E-state index is 12.2. The molecule has 0 bridgehead atoms. The minimum absolute atomic E-state index is 0.0675. The van der Waals surface area contributed by atoms with Crippen LogP contribution >= 0.6 is 0 Å². The smallest absolute Gasteiger partial charge is 0.163 e. The minimum Gasteiger partial charge on any atom is -0.339 e. The molecule has 1 aliphatic rings. The number of ketones is 2. The Morgan fingerprint density at radius 1 is 1.15 bits per heavy atom. The molecule has 1 heterocycles. The number of carbonyl (C=O) groups excluding carboxylic acids is 2. The van der Waals surface area contributed by atoms with Crippen LogP contribution in [0.3, 0.4) is 0 Å². The van der Waals surface area contributed by atoms with Crippen LogP contribution in [0.4, 0.5) is 0 Å². The van der Waals surface area contributed by atoms with Gasteiger partial charge in [-0.1, -0.05) is 13.8 Å². The van der Waals surface area contributed by atoms with Crippen LogP contribution in [-0.2, 0) is 13.0 Å². The quantitative estimate of drug-likeness (QED) is 0.706. The third-order valence-corrected chi connectivity index (χ3v) is 5.34. The van der Waals surface area contributed by atoms with Gasteiger partial charge in [-0.05, 0) is 49.2 Å². The molecule has 0 unspecified atom stereocenters. The van der Waals surface area contributed by atoms with E-state index in [-0.39, 0.29) is 11.6 Å². The van der Waals surface area contributed by atoms with Crippen molar-refractivity contribution in [3.8, 4) is 0 Å². The van der Waals surface area contributed by atoms with Crippen LogP contribution in [0.15, 0.2) is 30.3 Å². The third-order valence-electron chi connectivity index (χ3n) is 5.34. The van der Waals surface area contributed by atoms with Gasteiger partial charge in [-0.2, -0.15) is 0 Å². The molecule has 2 aromatic carbocycles. The van der Waals surface area contributed by atoms with E-state index >= 15 is 0 Å². The summed E-state index contributed by atoms with van der Waals surface area (Å²) in [6.45, 7) is 7.61. The maximum Gasteiger partial charge on any atom is 0.163 e. The number of nitrogens with zero attached hydrogens (tertiary/aromatic N) is 1. The number of fused-ring (bicyclic) bond motifs is 5. The van der Waals surface area contributed by atoms with Crippen LogP contribution in [0.1, 0.15) is 53.5 Å². The summed E-state index contributed by atoms with van der Waals surface area (Å²) < 4.78 is 2.31. The number of hydrogen-bond acceptors (Lipinski definition) is 3. The van der Waals surface area contributed by atoms with Crippen molar-refractivity contribution in [3.05, 3.63) is 47.0 Å². The highest BCUT2D eigenvalue weighted by Crippen LogP contribution is 2.37. The molecule has 4 nitrogen and oxygen atoms in total. The molecule has 4 heteroatoms. The van der Waals surface area contributed by atoms with Crippen molar-refractivity contribution >= 4 is 33.4 Å². The molecule has 1 aromatic heterocycles. The highest BCUT2D eigenvalue weighted by Gasteiger charge is 2.25. The number of benzene rings is 2. The average Bonchev–Trinajstić information content (AvgIpc) is 3.13. The number of nitrogens with one attached hydrogen (secondary N) is 1. The second kappa shape index (κ2) is 6.36. The zero-order chi connectivity index (χ0) is 18.4. The lowest BCUT2D eigenvalue weighted by Gasteiger charge is -2.11. The van der Waals surface area contributed by atoms with Crippen LogP contribution in [0.5, 0.6) is 0 Å². The van der Waals surface area contributed by atoms with Gasteiger partial charge in [-0.15, -0.1) is 0 Å². The Morgan fingerprint density at radius 3 is 2.65 bits per heavy atom. The van der Waals surface area contributed by atoms with E-state index in [4.69, 9.17) is 0 Å². The summed E-state index contributed by atoms with van der Waals surface area (Å²) in [5.41, 5.74) is 5.00. The lowest BCUT2D eigenvalue weighted by molar-refractivity contribution is 0.0991. The summed E-state index contributed by atoms with van der Waals surface area (Å²) in [4.78, 5) is 24.1. The molecular formula is C22H24N2O2. The summed E-state index contributed by atoms with van der Waals surface area (Å²) >= 11 is 0. The second-order valence-corrected chi connectivity index (χ2v) is 7.46. The fourth-order valence-corrected chi connectivity index (χ4v) is 4.08. The van der Waals surface area contributed by atoms with Crippen molar-refractivity contribution in [1.82, 2.24) is 9.88 Å². The van der Waals surface area contributed by atoms with Gasteiger partial charge in [0.05, 0.1) is 0 Å². The predicted octanol–water partition coefficient (Wildman–Crippen LogP) is 4.12. The van der Waals surface area contributed by atoms with Crippen molar-refractivity contribution in [2.45, 2.75) is 46.2 Å². The molecule has 26 heavy (non-hydrogen) atoms. The van der Waals surface area contributed by atoms with E-state index in [1.807, 2.05) is 24.3 Å². The Labute approximate surface area is 153 Å². The van der Waals surface area contributed by atoms with E-state index in [0.29, 0.717) is 12.5 Å². The van der Waals surface area contributed by atoms with Crippen molar-refractivity contribution in [2.24, 2.45) is 0 Å². The van der Waals surface area contributed by atoms with Gasteiger partial charge in [-0.3, -0.25) is 9.59 Å². The van der Waals surface area contributed by atoms with E-state index in [9.17, 15) is 9.59 Å². The zero-order valence-corrected chi connectivity index (χ0v) is 15.6. The molecule has 1 N–H and O–H groups in total. The summed E-state index contributed by atoms with van der Waals surface area (Å²) in [6, 6.07) is 10.4. The molecule has 0 saturated carbocycles. The van der Waals surface area contributed by atoms with Crippen LogP contribution in [0, 0.1) is 0 Å². The van der Waals surface area contributed by atoms with E-state index in [0.717, 1.165) is 58.0 Å². The lowest BCUT2D eigenvalue weighted by atomic mass is 10.0. The van der Waals surface area contributed by atoms with Crippen molar-refractivity contribution in [3.63, 3.8) is 0 Å². The van der Waals surface area contributed by atoms with Crippen LogP contribution < -0.4 is 5.32 Å². The largest absolute Gasteiger partial charge is 0.339 e. The van der Waals surface area contributed by atoms with Crippen molar-refractivity contribution in [1.29, 1.82) is 0 Å².